The van der Waals surface area contributed by atoms with Gasteiger partial charge in [-0.15, -0.1) is 0 Å². The standard InChI is InChI=1S/C25H26N2O5S/c1-18-15-22(33(29,30)27-14-6-8-19-7-3-4-11-23(19)27)12-13-24(18)32-17-25(28)26-20-9-5-10-21(16-20)31-2/h3-5,7,9-13,15-16H,6,8,14,17H2,1-2H3,(H,26,28). The summed E-state index contributed by atoms with van der Waals surface area (Å²) in [7, 11) is -2.15. The van der Waals surface area contributed by atoms with Gasteiger partial charge in [0.1, 0.15) is 11.5 Å². The van der Waals surface area contributed by atoms with Gasteiger partial charge in [0.15, 0.2) is 6.61 Å². The van der Waals surface area contributed by atoms with Crippen molar-refractivity contribution in [2.24, 2.45) is 0 Å². The number of hydrogen-bond donors (Lipinski definition) is 1. The summed E-state index contributed by atoms with van der Waals surface area (Å²) in [6, 6.07) is 19.3. The molecular weight excluding hydrogens is 440 g/mol. The van der Waals surface area contributed by atoms with E-state index in [4.69, 9.17) is 9.47 Å². The summed E-state index contributed by atoms with van der Waals surface area (Å²) < 4.78 is 39.0. The van der Waals surface area contributed by atoms with Gasteiger partial charge in [0.25, 0.3) is 15.9 Å². The molecule has 1 amide bonds. The maximum atomic E-state index is 13.3. The third-order valence-electron chi connectivity index (χ3n) is 5.51. The Morgan fingerprint density at radius 3 is 2.67 bits per heavy atom. The number of aryl methyl sites for hydroxylation is 2. The van der Waals surface area contributed by atoms with Crippen LogP contribution in [0.3, 0.4) is 0 Å². The molecule has 3 aromatic carbocycles. The van der Waals surface area contributed by atoms with E-state index in [9.17, 15) is 13.2 Å². The number of anilines is 2. The highest BCUT2D eigenvalue weighted by molar-refractivity contribution is 7.92. The lowest BCUT2D eigenvalue weighted by Crippen LogP contribution is -2.35. The van der Waals surface area contributed by atoms with Gasteiger partial charge >= 0.3 is 0 Å². The Morgan fingerprint density at radius 1 is 1.06 bits per heavy atom. The van der Waals surface area contributed by atoms with E-state index in [1.54, 1.807) is 50.4 Å². The smallest absolute Gasteiger partial charge is 0.264 e. The summed E-state index contributed by atoms with van der Waals surface area (Å²) in [4.78, 5) is 12.5. The fourth-order valence-corrected chi connectivity index (χ4v) is 5.49. The zero-order chi connectivity index (χ0) is 23.4. The van der Waals surface area contributed by atoms with Crippen LogP contribution >= 0.6 is 0 Å². The molecule has 1 N–H and O–H groups in total. The minimum absolute atomic E-state index is 0.199. The predicted molar refractivity (Wildman–Crippen MR) is 128 cm³/mol. The number of para-hydroxylation sites is 1. The SMILES string of the molecule is COc1cccc(NC(=O)COc2ccc(S(=O)(=O)N3CCCc4ccccc43)cc2C)c1. The van der Waals surface area contributed by atoms with Gasteiger partial charge in [-0.05, 0) is 67.3 Å². The largest absolute Gasteiger partial charge is 0.497 e. The van der Waals surface area contributed by atoms with E-state index < -0.39 is 10.0 Å². The van der Waals surface area contributed by atoms with Crippen molar-refractivity contribution in [2.45, 2.75) is 24.7 Å². The third kappa shape index (κ3) is 4.96. The van der Waals surface area contributed by atoms with Gasteiger partial charge < -0.3 is 14.8 Å². The first-order valence-corrected chi connectivity index (χ1v) is 12.1. The van der Waals surface area contributed by atoms with Crippen molar-refractivity contribution in [3.63, 3.8) is 0 Å². The zero-order valence-corrected chi connectivity index (χ0v) is 19.4. The molecule has 0 aliphatic carbocycles. The van der Waals surface area contributed by atoms with Crippen LogP contribution in [-0.4, -0.2) is 34.6 Å². The third-order valence-corrected chi connectivity index (χ3v) is 7.32. The molecule has 0 saturated carbocycles. The number of benzene rings is 3. The predicted octanol–water partition coefficient (Wildman–Crippen LogP) is 4.16. The molecule has 0 spiro atoms. The van der Waals surface area contributed by atoms with E-state index >= 15 is 0 Å². The Hall–Kier alpha value is -3.52. The molecule has 0 aromatic heterocycles. The monoisotopic (exact) mass is 466 g/mol. The normalized spacial score (nSPS) is 13.2. The number of carbonyl (C=O) groups is 1. The van der Waals surface area contributed by atoms with E-state index in [1.165, 1.54) is 10.4 Å². The molecule has 33 heavy (non-hydrogen) atoms. The van der Waals surface area contributed by atoms with Crippen LogP contribution in [0.15, 0.2) is 71.6 Å². The van der Waals surface area contributed by atoms with Gasteiger partial charge in [0, 0.05) is 18.3 Å². The van der Waals surface area contributed by atoms with Crippen molar-refractivity contribution in [1.29, 1.82) is 0 Å². The number of amides is 1. The first-order chi connectivity index (χ1) is 15.9. The second-order valence-corrected chi connectivity index (χ2v) is 9.67. The summed E-state index contributed by atoms with van der Waals surface area (Å²) in [5.41, 5.74) is 3.00. The first-order valence-electron chi connectivity index (χ1n) is 10.7. The number of ether oxygens (including phenoxy) is 2. The van der Waals surface area contributed by atoms with Gasteiger partial charge in [0.05, 0.1) is 17.7 Å². The molecule has 0 unspecified atom stereocenters. The minimum atomic E-state index is -3.71. The minimum Gasteiger partial charge on any atom is -0.497 e. The second-order valence-electron chi connectivity index (χ2n) is 7.81. The van der Waals surface area contributed by atoms with Gasteiger partial charge in [0.2, 0.25) is 0 Å². The van der Waals surface area contributed by atoms with Crippen LogP contribution in [0.1, 0.15) is 17.5 Å². The zero-order valence-electron chi connectivity index (χ0n) is 18.6. The Labute approximate surface area is 194 Å². The Balaban J connectivity index is 1.45. The Morgan fingerprint density at radius 2 is 1.88 bits per heavy atom. The fraction of sp³-hybridized carbons (Fsp3) is 0.240. The summed E-state index contributed by atoms with van der Waals surface area (Å²) in [5.74, 6) is 0.760. The number of nitrogens with zero attached hydrogens (tertiary/aromatic N) is 1. The average Bonchev–Trinajstić information content (AvgIpc) is 2.83. The fourth-order valence-electron chi connectivity index (χ4n) is 3.86. The Kier molecular flexibility index (Phi) is 6.55. The molecular formula is C25H26N2O5S. The van der Waals surface area contributed by atoms with Crippen LogP contribution in [0.2, 0.25) is 0 Å². The highest BCUT2D eigenvalue weighted by atomic mass is 32.2. The van der Waals surface area contributed by atoms with Crippen LogP contribution < -0.4 is 19.1 Å². The van der Waals surface area contributed by atoms with E-state index in [1.807, 2.05) is 24.3 Å². The lowest BCUT2D eigenvalue weighted by Gasteiger charge is -2.30. The molecule has 4 rings (SSSR count). The van der Waals surface area contributed by atoms with Crippen molar-refractivity contribution in [2.75, 3.05) is 29.9 Å². The maximum Gasteiger partial charge on any atom is 0.264 e. The molecule has 172 valence electrons. The highest BCUT2D eigenvalue weighted by Crippen LogP contribution is 2.33. The van der Waals surface area contributed by atoms with Crippen LogP contribution in [0.5, 0.6) is 11.5 Å². The molecule has 1 heterocycles. The van der Waals surface area contributed by atoms with Crippen LogP contribution in [-0.2, 0) is 21.2 Å². The van der Waals surface area contributed by atoms with Crippen molar-refractivity contribution < 1.29 is 22.7 Å². The molecule has 0 atom stereocenters. The van der Waals surface area contributed by atoms with Crippen LogP contribution in [0.4, 0.5) is 11.4 Å². The van der Waals surface area contributed by atoms with Crippen LogP contribution in [0.25, 0.3) is 0 Å². The number of rotatable bonds is 7. The van der Waals surface area contributed by atoms with Crippen molar-refractivity contribution in [3.05, 3.63) is 77.9 Å². The van der Waals surface area contributed by atoms with Gasteiger partial charge in [-0.25, -0.2) is 8.42 Å². The number of carbonyl (C=O) groups excluding carboxylic acids is 1. The quantitative estimate of drug-likeness (QED) is 0.565. The number of hydrogen-bond acceptors (Lipinski definition) is 5. The van der Waals surface area contributed by atoms with E-state index in [0.29, 0.717) is 29.3 Å². The number of methoxy groups -OCH3 is 1. The average molecular weight is 467 g/mol. The Bertz CT molecular complexity index is 1270. The summed E-state index contributed by atoms with van der Waals surface area (Å²) >= 11 is 0. The van der Waals surface area contributed by atoms with Gasteiger partial charge in [-0.2, -0.15) is 0 Å². The molecule has 0 bridgehead atoms. The van der Waals surface area contributed by atoms with Crippen LogP contribution in [0, 0.1) is 6.92 Å². The van der Waals surface area contributed by atoms with Gasteiger partial charge in [-0.1, -0.05) is 24.3 Å². The van der Waals surface area contributed by atoms with E-state index in [0.717, 1.165) is 24.1 Å². The summed E-state index contributed by atoms with van der Waals surface area (Å²) in [5, 5.41) is 2.75. The number of fused-ring (bicyclic) bond motifs is 1. The summed E-state index contributed by atoms with van der Waals surface area (Å²) in [6.07, 6.45) is 1.64. The lowest BCUT2D eigenvalue weighted by atomic mass is 10.0. The van der Waals surface area contributed by atoms with E-state index in [2.05, 4.69) is 5.32 Å². The lowest BCUT2D eigenvalue weighted by molar-refractivity contribution is -0.118. The van der Waals surface area contributed by atoms with Gasteiger partial charge in [-0.3, -0.25) is 9.10 Å². The van der Waals surface area contributed by atoms with Crippen molar-refractivity contribution >= 4 is 27.3 Å². The molecule has 1 aliphatic heterocycles. The molecule has 8 heteroatoms. The molecule has 3 aromatic rings. The van der Waals surface area contributed by atoms with Crippen molar-refractivity contribution in [3.8, 4) is 11.5 Å². The maximum absolute atomic E-state index is 13.3. The van der Waals surface area contributed by atoms with Crippen molar-refractivity contribution in [1.82, 2.24) is 0 Å². The molecule has 0 saturated heterocycles. The highest BCUT2D eigenvalue weighted by Gasteiger charge is 2.29. The molecule has 7 nitrogen and oxygen atoms in total. The molecule has 0 radical (unpaired) electrons. The number of nitrogens with one attached hydrogen (secondary N) is 1. The summed E-state index contributed by atoms with van der Waals surface area (Å²) in [6.45, 7) is 2.00. The van der Waals surface area contributed by atoms with E-state index in [-0.39, 0.29) is 17.4 Å². The second kappa shape index (κ2) is 9.54. The molecule has 1 aliphatic rings. The number of sulfonamides is 1. The molecule has 0 fully saturated rings. The topological polar surface area (TPSA) is 84.9 Å². The first kappa shape index (κ1) is 22.7.